The van der Waals surface area contributed by atoms with E-state index < -0.39 is 0 Å². The summed E-state index contributed by atoms with van der Waals surface area (Å²) in [6.45, 7) is 1.81. The van der Waals surface area contributed by atoms with E-state index in [0.29, 0.717) is 0 Å². The first-order valence-electron chi connectivity index (χ1n) is 6.86. The van der Waals surface area contributed by atoms with E-state index in [1.807, 2.05) is 12.3 Å². The second-order valence-electron chi connectivity index (χ2n) is 5.10. The van der Waals surface area contributed by atoms with Gasteiger partial charge >= 0.3 is 0 Å². The Morgan fingerprint density at radius 3 is 2.80 bits per heavy atom. The third-order valence-electron chi connectivity index (χ3n) is 3.78. The Hall–Kier alpha value is -2.36. The number of fused-ring (bicyclic) bond motifs is 1. The van der Waals surface area contributed by atoms with Gasteiger partial charge in [0.05, 0.1) is 11.9 Å². The molecule has 1 aliphatic heterocycles. The zero-order chi connectivity index (χ0) is 13.9. The van der Waals surface area contributed by atoms with Gasteiger partial charge in [-0.1, -0.05) is 24.3 Å². The number of benzene rings is 1. The van der Waals surface area contributed by atoms with E-state index in [4.69, 9.17) is 11.1 Å². The maximum atomic E-state index is 7.72. The second-order valence-corrected chi connectivity index (χ2v) is 5.10. The van der Waals surface area contributed by atoms with E-state index in [1.165, 1.54) is 11.1 Å². The fraction of sp³-hybridized carbons (Fsp3) is 0.250. The molecule has 0 saturated heterocycles. The Labute approximate surface area is 118 Å². The van der Waals surface area contributed by atoms with E-state index in [2.05, 4.69) is 34.1 Å². The maximum absolute atomic E-state index is 7.72. The largest absolute Gasteiger partial charge is 0.384 e. The predicted molar refractivity (Wildman–Crippen MR) is 81.1 cm³/mol. The minimum Gasteiger partial charge on any atom is -0.384 e. The number of nitrogens with two attached hydrogens (primary N) is 1. The Bertz CT molecular complexity index is 636. The number of hydrogen-bond donors (Lipinski definition) is 2. The molecule has 0 aliphatic carbocycles. The highest BCUT2D eigenvalue weighted by atomic mass is 15.1. The molecule has 0 bridgehead atoms. The van der Waals surface area contributed by atoms with Crippen molar-refractivity contribution in [2.75, 3.05) is 11.4 Å². The highest BCUT2D eigenvalue weighted by Gasteiger charge is 2.17. The van der Waals surface area contributed by atoms with Gasteiger partial charge in [-0.2, -0.15) is 0 Å². The Morgan fingerprint density at radius 2 is 2.00 bits per heavy atom. The molecule has 102 valence electrons. The fourth-order valence-corrected chi connectivity index (χ4v) is 2.77. The summed E-state index contributed by atoms with van der Waals surface area (Å²) in [6.07, 6.45) is 5.70. The van der Waals surface area contributed by atoms with Crippen LogP contribution in [-0.4, -0.2) is 17.4 Å². The molecule has 4 heteroatoms. The molecule has 2 heterocycles. The molecule has 20 heavy (non-hydrogen) atoms. The van der Waals surface area contributed by atoms with Gasteiger partial charge in [-0.3, -0.25) is 10.4 Å². The molecule has 1 aliphatic rings. The molecule has 0 unspecified atom stereocenters. The van der Waals surface area contributed by atoms with E-state index >= 15 is 0 Å². The number of amidine groups is 1. The van der Waals surface area contributed by atoms with Crippen LogP contribution in [0.2, 0.25) is 0 Å². The number of rotatable bonds is 2. The van der Waals surface area contributed by atoms with Crippen molar-refractivity contribution in [1.29, 1.82) is 5.41 Å². The van der Waals surface area contributed by atoms with Crippen molar-refractivity contribution in [3.8, 4) is 0 Å². The fourth-order valence-electron chi connectivity index (χ4n) is 2.77. The zero-order valence-corrected chi connectivity index (χ0v) is 11.3. The number of nitrogen functional groups attached to an aromatic ring is 1. The molecule has 4 nitrogen and oxygen atoms in total. The number of aryl methyl sites for hydroxylation is 1. The van der Waals surface area contributed by atoms with Crippen molar-refractivity contribution >= 4 is 11.5 Å². The molecule has 1 aromatic heterocycles. The summed E-state index contributed by atoms with van der Waals surface area (Å²) in [4.78, 5) is 6.47. The molecule has 0 fully saturated rings. The maximum Gasteiger partial charge on any atom is 0.125 e. The lowest BCUT2D eigenvalue weighted by Gasteiger charge is -2.25. The molecule has 0 spiro atoms. The van der Waals surface area contributed by atoms with Crippen molar-refractivity contribution in [3.63, 3.8) is 0 Å². The Morgan fingerprint density at radius 1 is 1.20 bits per heavy atom. The first kappa shape index (κ1) is 12.7. The Kier molecular flexibility index (Phi) is 3.37. The number of nitrogens with one attached hydrogen (secondary N) is 1. The van der Waals surface area contributed by atoms with Gasteiger partial charge in [-0.25, -0.2) is 0 Å². The smallest absolute Gasteiger partial charge is 0.125 e. The van der Waals surface area contributed by atoms with Crippen molar-refractivity contribution in [1.82, 2.24) is 4.98 Å². The van der Waals surface area contributed by atoms with Gasteiger partial charge in [-0.15, -0.1) is 0 Å². The van der Waals surface area contributed by atoms with Gasteiger partial charge in [0, 0.05) is 24.8 Å². The average molecular weight is 266 g/mol. The molecule has 3 N–H and O–H groups in total. The van der Waals surface area contributed by atoms with E-state index in [-0.39, 0.29) is 5.84 Å². The van der Waals surface area contributed by atoms with Crippen LogP contribution < -0.4 is 10.6 Å². The average Bonchev–Trinajstić information content (AvgIpc) is 2.69. The molecule has 0 amide bonds. The lowest BCUT2D eigenvalue weighted by Crippen LogP contribution is -2.26. The van der Waals surface area contributed by atoms with Crippen molar-refractivity contribution < 1.29 is 0 Å². The van der Waals surface area contributed by atoms with E-state index in [1.54, 1.807) is 6.20 Å². The van der Waals surface area contributed by atoms with Crippen LogP contribution in [0.25, 0.3) is 0 Å². The van der Waals surface area contributed by atoms with Crippen molar-refractivity contribution in [2.45, 2.75) is 19.4 Å². The molecule has 0 saturated carbocycles. The molecular weight excluding hydrogens is 248 g/mol. The number of pyridine rings is 1. The highest BCUT2D eigenvalue weighted by Crippen LogP contribution is 2.25. The standard InChI is InChI=1S/C16H18N4/c17-16(18)14-7-8-19-10-15(14)20-9-3-6-12-4-1-2-5-13(12)11-20/h1-2,4-5,7-8,10H,3,6,9,11H2,(H3,17,18). The van der Waals surface area contributed by atoms with Crippen molar-refractivity contribution in [3.05, 3.63) is 59.4 Å². The van der Waals surface area contributed by atoms with Crippen molar-refractivity contribution in [2.24, 2.45) is 5.73 Å². The minimum atomic E-state index is 0.0972. The zero-order valence-electron chi connectivity index (χ0n) is 11.3. The van der Waals surface area contributed by atoms with Crippen LogP contribution in [-0.2, 0) is 13.0 Å². The third-order valence-corrected chi connectivity index (χ3v) is 3.78. The molecule has 1 aromatic carbocycles. The first-order valence-corrected chi connectivity index (χ1v) is 6.86. The van der Waals surface area contributed by atoms with Gasteiger partial charge in [0.15, 0.2) is 0 Å². The predicted octanol–water partition coefficient (Wildman–Crippen LogP) is 2.32. The summed E-state index contributed by atoms with van der Waals surface area (Å²) >= 11 is 0. The SMILES string of the molecule is N=C(N)c1ccncc1N1CCCc2ccccc2C1. The summed E-state index contributed by atoms with van der Waals surface area (Å²) in [5, 5.41) is 7.72. The molecule has 2 aromatic rings. The van der Waals surface area contributed by atoms with Crippen LogP contribution in [0.5, 0.6) is 0 Å². The molecule has 0 radical (unpaired) electrons. The minimum absolute atomic E-state index is 0.0972. The van der Waals surface area contributed by atoms with Crippen LogP contribution in [0, 0.1) is 5.41 Å². The quantitative estimate of drug-likeness (QED) is 0.647. The van der Waals surface area contributed by atoms with Gasteiger partial charge in [0.2, 0.25) is 0 Å². The number of anilines is 1. The second kappa shape index (κ2) is 5.33. The van der Waals surface area contributed by atoms with Gasteiger partial charge in [0.1, 0.15) is 5.84 Å². The Balaban J connectivity index is 1.98. The van der Waals surface area contributed by atoms with Crippen LogP contribution in [0.1, 0.15) is 23.1 Å². The lowest BCUT2D eigenvalue weighted by molar-refractivity contribution is 0.763. The summed E-state index contributed by atoms with van der Waals surface area (Å²) in [5.41, 5.74) is 10.2. The van der Waals surface area contributed by atoms with Crippen LogP contribution in [0.15, 0.2) is 42.7 Å². The third kappa shape index (κ3) is 2.37. The first-order chi connectivity index (χ1) is 9.75. The summed E-state index contributed by atoms with van der Waals surface area (Å²) in [6, 6.07) is 10.4. The summed E-state index contributed by atoms with van der Waals surface area (Å²) < 4.78 is 0. The van der Waals surface area contributed by atoms with Crippen LogP contribution >= 0.6 is 0 Å². The molecule has 3 rings (SSSR count). The molecule has 0 atom stereocenters. The van der Waals surface area contributed by atoms with E-state index in [9.17, 15) is 0 Å². The molecular formula is C16H18N4. The summed E-state index contributed by atoms with van der Waals surface area (Å²) in [7, 11) is 0. The lowest BCUT2D eigenvalue weighted by atomic mass is 10.0. The van der Waals surface area contributed by atoms with Gasteiger partial charge in [-0.05, 0) is 30.0 Å². The topological polar surface area (TPSA) is 66.0 Å². The summed E-state index contributed by atoms with van der Waals surface area (Å²) in [5.74, 6) is 0.0972. The van der Waals surface area contributed by atoms with Crippen LogP contribution in [0.4, 0.5) is 5.69 Å². The monoisotopic (exact) mass is 266 g/mol. The highest BCUT2D eigenvalue weighted by molar-refractivity contribution is 6.00. The normalized spacial score (nSPS) is 14.5. The van der Waals surface area contributed by atoms with Gasteiger partial charge in [0.25, 0.3) is 0 Å². The number of aromatic nitrogens is 1. The van der Waals surface area contributed by atoms with Crippen LogP contribution in [0.3, 0.4) is 0 Å². The van der Waals surface area contributed by atoms with Gasteiger partial charge < -0.3 is 10.6 Å². The van der Waals surface area contributed by atoms with E-state index in [0.717, 1.165) is 37.2 Å². The number of nitrogens with zero attached hydrogens (tertiary/aromatic N) is 2. The number of hydrogen-bond acceptors (Lipinski definition) is 3.